The average molecular weight is 624 g/mol. The summed E-state index contributed by atoms with van der Waals surface area (Å²) in [6.07, 6.45) is 1.03. The van der Waals surface area contributed by atoms with Crippen molar-refractivity contribution in [3.8, 4) is 11.8 Å². The summed E-state index contributed by atoms with van der Waals surface area (Å²) in [5.41, 5.74) is -0.597. The molecule has 0 aliphatic carbocycles. The van der Waals surface area contributed by atoms with Crippen LogP contribution in [-0.2, 0) is 24.9 Å². The van der Waals surface area contributed by atoms with E-state index in [4.69, 9.17) is 9.72 Å². The molecule has 5 aromatic rings. The number of nitrogens with zero attached hydrogens (tertiary/aromatic N) is 6. The van der Waals surface area contributed by atoms with Crippen LogP contribution in [0.5, 0.6) is 0 Å². The van der Waals surface area contributed by atoms with E-state index in [1.54, 1.807) is 30.7 Å². The summed E-state index contributed by atoms with van der Waals surface area (Å²) in [4.78, 5) is 47.4. The fraction of sp³-hybridized carbons (Fsp3) is 0.382. The van der Waals surface area contributed by atoms with E-state index in [1.807, 2.05) is 62.1 Å². The van der Waals surface area contributed by atoms with Crippen LogP contribution in [0.3, 0.4) is 0 Å². The Morgan fingerprint density at radius 3 is 2.50 bits per heavy atom. The number of pyridine rings is 1. The number of fused-ring (bicyclic) bond motifs is 4. The van der Waals surface area contributed by atoms with E-state index < -0.39 is 22.9 Å². The molecule has 0 unspecified atom stereocenters. The number of alkyl carbamates (subject to hydrolysis) is 1. The molecule has 12 heteroatoms. The van der Waals surface area contributed by atoms with Crippen LogP contribution >= 0.6 is 0 Å². The first-order valence-corrected chi connectivity index (χ1v) is 15.3. The van der Waals surface area contributed by atoms with Crippen molar-refractivity contribution in [2.75, 3.05) is 18.0 Å². The van der Waals surface area contributed by atoms with E-state index >= 15 is 0 Å². The highest BCUT2D eigenvalue weighted by molar-refractivity contribution is 6.04. The lowest BCUT2D eigenvalue weighted by Crippen LogP contribution is -2.49. The van der Waals surface area contributed by atoms with E-state index in [-0.39, 0.29) is 30.3 Å². The molecule has 46 heavy (non-hydrogen) atoms. The zero-order chi connectivity index (χ0) is 32.7. The molecule has 0 bridgehead atoms. The number of anilines is 1. The molecule has 0 saturated carbocycles. The zero-order valence-corrected chi connectivity index (χ0v) is 26.7. The third-order valence-electron chi connectivity index (χ3n) is 8.26. The van der Waals surface area contributed by atoms with Crippen molar-refractivity contribution in [3.05, 3.63) is 80.3 Å². The Bertz CT molecular complexity index is 2180. The van der Waals surface area contributed by atoms with Gasteiger partial charge in [0.1, 0.15) is 12.1 Å². The van der Waals surface area contributed by atoms with Crippen molar-refractivity contribution in [2.45, 2.75) is 65.3 Å². The van der Waals surface area contributed by atoms with E-state index in [0.717, 1.165) is 32.9 Å². The molecule has 12 nitrogen and oxygen atoms in total. The van der Waals surface area contributed by atoms with E-state index in [1.165, 1.54) is 4.57 Å². The fourth-order valence-corrected chi connectivity index (χ4v) is 6.20. The molecule has 1 amide bonds. The van der Waals surface area contributed by atoms with Gasteiger partial charge in [-0.3, -0.25) is 13.9 Å². The smallest absolute Gasteiger partial charge is 0.407 e. The quantitative estimate of drug-likeness (QED) is 0.137. The third kappa shape index (κ3) is 5.53. The van der Waals surface area contributed by atoms with Crippen LogP contribution in [0.4, 0.5) is 10.7 Å². The lowest BCUT2D eigenvalue weighted by molar-refractivity contribution is -0.584. The molecular formula is C34H37N7O5. The summed E-state index contributed by atoms with van der Waals surface area (Å²) in [5, 5.41) is 19.0. The molecule has 238 valence electrons. The van der Waals surface area contributed by atoms with Gasteiger partial charge in [-0.05, 0) is 52.7 Å². The molecule has 1 fully saturated rings. The lowest BCUT2D eigenvalue weighted by Gasteiger charge is -2.34. The molecule has 1 aliphatic rings. The highest BCUT2D eigenvalue weighted by Gasteiger charge is 2.30. The van der Waals surface area contributed by atoms with Gasteiger partial charge in [0.25, 0.3) is 5.56 Å². The number of hydrogen-bond donors (Lipinski definition) is 1. The van der Waals surface area contributed by atoms with Crippen molar-refractivity contribution >= 4 is 44.9 Å². The Kier molecular flexibility index (Phi) is 7.94. The van der Waals surface area contributed by atoms with Gasteiger partial charge in [-0.2, -0.15) is 9.71 Å². The minimum Gasteiger partial charge on any atom is -0.618 e. The second kappa shape index (κ2) is 11.9. The van der Waals surface area contributed by atoms with Crippen LogP contribution in [-0.4, -0.2) is 49.5 Å². The predicted octanol–water partition coefficient (Wildman–Crippen LogP) is 3.40. The van der Waals surface area contributed by atoms with Crippen LogP contribution in [0.25, 0.3) is 32.8 Å². The molecule has 1 atom stereocenters. The lowest BCUT2D eigenvalue weighted by atomic mass is 10.0. The molecule has 4 heterocycles. The van der Waals surface area contributed by atoms with Gasteiger partial charge in [-0.1, -0.05) is 36.3 Å². The van der Waals surface area contributed by atoms with Gasteiger partial charge in [-0.15, -0.1) is 5.92 Å². The molecule has 3 aromatic heterocycles. The minimum atomic E-state index is -0.625. The Balaban J connectivity index is 1.46. The summed E-state index contributed by atoms with van der Waals surface area (Å²) in [7, 11) is 1.57. The Labute approximate surface area is 265 Å². The van der Waals surface area contributed by atoms with Gasteiger partial charge in [0.05, 0.1) is 17.3 Å². The van der Waals surface area contributed by atoms with Crippen molar-refractivity contribution < 1.29 is 14.3 Å². The fourth-order valence-electron chi connectivity index (χ4n) is 6.20. The van der Waals surface area contributed by atoms with Crippen molar-refractivity contribution in [2.24, 2.45) is 7.05 Å². The van der Waals surface area contributed by atoms with Crippen molar-refractivity contribution in [3.63, 3.8) is 0 Å². The first-order chi connectivity index (χ1) is 22.0. The number of para-hydroxylation sites is 1. The largest absolute Gasteiger partial charge is 0.618 e. The SMILES string of the molecule is CC#CCn1c(N2CCC[C@@H](NC(=O)OC(C)(C)C)C2)nc2c1c(=O)n(Cc1c3ccccc3c3ccccc3[n+]1[O-])c(=O)n2C. The topological polar surface area (TPSA) is 130 Å². The van der Waals surface area contributed by atoms with Gasteiger partial charge >= 0.3 is 11.8 Å². The van der Waals surface area contributed by atoms with Crippen molar-refractivity contribution in [1.82, 2.24) is 24.0 Å². The number of imidazole rings is 1. The van der Waals surface area contributed by atoms with Crippen LogP contribution in [0.15, 0.2) is 58.1 Å². The van der Waals surface area contributed by atoms with Crippen LogP contribution in [0.1, 0.15) is 46.2 Å². The molecular weight excluding hydrogens is 586 g/mol. The molecule has 6 rings (SSSR count). The molecule has 1 aliphatic heterocycles. The number of ether oxygens (including phenoxy) is 1. The maximum atomic E-state index is 14.3. The highest BCUT2D eigenvalue weighted by Crippen LogP contribution is 2.26. The average Bonchev–Trinajstić information content (AvgIpc) is 3.41. The van der Waals surface area contributed by atoms with Crippen LogP contribution < -0.4 is 26.2 Å². The zero-order valence-electron chi connectivity index (χ0n) is 26.7. The van der Waals surface area contributed by atoms with Gasteiger partial charge < -0.3 is 20.2 Å². The molecule has 1 saturated heterocycles. The number of aromatic nitrogens is 5. The number of amides is 1. The van der Waals surface area contributed by atoms with Gasteiger partial charge in [-0.25, -0.2) is 14.2 Å². The first-order valence-electron chi connectivity index (χ1n) is 15.3. The second-order valence-electron chi connectivity index (χ2n) is 12.6. The van der Waals surface area contributed by atoms with Gasteiger partial charge in [0, 0.05) is 37.6 Å². The van der Waals surface area contributed by atoms with Crippen LogP contribution in [0, 0.1) is 17.0 Å². The molecule has 0 spiro atoms. The van der Waals surface area contributed by atoms with E-state index in [0.29, 0.717) is 35.6 Å². The standard InChI is InChI=1S/C34H37N7O5/c1-6-7-19-39-28-29(36-31(39)38-18-12-13-22(20-38)35-32(43)46-34(2,3)4)37(5)33(44)40(30(28)42)21-27-25-16-9-8-14-23(25)24-15-10-11-17-26(24)41(27)45/h8-11,14-17,22H,12-13,18-21H2,1-5H3,(H,35,43)/t22-/m1/s1. The summed E-state index contributed by atoms with van der Waals surface area (Å²) in [5.74, 6) is 6.41. The van der Waals surface area contributed by atoms with Crippen LogP contribution in [0.2, 0.25) is 0 Å². The normalized spacial score (nSPS) is 15.2. The molecule has 0 radical (unpaired) electrons. The number of rotatable bonds is 5. The van der Waals surface area contributed by atoms with Gasteiger partial charge in [0.2, 0.25) is 17.2 Å². The minimum absolute atomic E-state index is 0.164. The third-order valence-corrected chi connectivity index (χ3v) is 8.26. The number of hydrogen-bond acceptors (Lipinski definition) is 7. The Hall–Kier alpha value is -5.31. The maximum absolute atomic E-state index is 14.3. The van der Waals surface area contributed by atoms with Gasteiger partial charge in [0.15, 0.2) is 11.2 Å². The Morgan fingerprint density at radius 1 is 1.09 bits per heavy atom. The second-order valence-corrected chi connectivity index (χ2v) is 12.6. The number of benzene rings is 2. The highest BCUT2D eigenvalue weighted by atomic mass is 16.6. The number of piperidine rings is 1. The number of carbonyl (C=O) groups is 1. The monoisotopic (exact) mass is 623 g/mol. The first kappa shape index (κ1) is 30.7. The summed E-state index contributed by atoms with van der Waals surface area (Å²) in [6.45, 7) is 8.15. The number of nitrogens with one attached hydrogen (secondary N) is 1. The maximum Gasteiger partial charge on any atom is 0.407 e. The predicted molar refractivity (Wildman–Crippen MR) is 177 cm³/mol. The number of aryl methyl sites for hydroxylation is 1. The van der Waals surface area contributed by atoms with Crippen molar-refractivity contribution in [1.29, 1.82) is 0 Å². The molecule has 1 N–H and O–H groups in total. The summed E-state index contributed by atoms with van der Waals surface area (Å²) >= 11 is 0. The summed E-state index contributed by atoms with van der Waals surface area (Å²) in [6, 6.07) is 14.6. The molecule has 2 aromatic carbocycles. The van der Waals surface area contributed by atoms with E-state index in [2.05, 4.69) is 17.2 Å². The number of carbonyl (C=O) groups excluding carboxylic acids is 1. The van der Waals surface area contributed by atoms with E-state index in [9.17, 15) is 19.6 Å². The summed E-state index contributed by atoms with van der Waals surface area (Å²) < 4.78 is 10.4. The Morgan fingerprint density at radius 2 is 1.78 bits per heavy atom.